The number of ether oxygens (including phenoxy) is 1. The smallest absolute Gasteiger partial charge is 0.218 e. The molecule has 5 rings (SSSR count). The zero-order chi connectivity index (χ0) is 19.8. The molecule has 2 N–H and O–H groups in total. The summed E-state index contributed by atoms with van der Waals surface area (Å²) in [7, 11) is 1.55. The van der Waals surface area contributed by atoms with Crippen molar-refractivity contribution in [2.75, 3.05) is 12.4 Å². The Morgan fingerprint density at radius 1 is 1.14 bits per heavy atom. The van der Waals surface area contributed by atoms with Crippen LogP contribution in [0.2, 0.25) is 0 Å². The van der Waals surface area contributed by atoms with Gasteiger partial charge in [0.15, 0.2) is 0 Å². The molecule has 4 aromatic heterocycles. The lowest BCUT2D eigenvalue weighted by Crippen LogP contribution is -2.01. The average Bonchev–Trinajstić information content (AvgIpc) is 3.51. The highest BCUT2D eigenvalue weighted by molar-refractivity contribution is 5.83. The molecular formula is C21H19FN6O. The summed E-state index contributed by atoms with van der Waals surface area (Å²) in [6, 6.07) is 7.03. The van der Waals surface area contributed by atoms with Crippen LogP contribution in [0.1, 0.15) is 35.6 Å². The first-order valence-electron chi connectivity index (χ1n) is 9.44. The molecule has 1 fully saturated rings. The molecule has 29 heavy (non-hydrogen) atoms. The third-order valence-electron chi connectivity index (χ3n) is 5.07. The van der Waals surface area contributed by atoms with Crippen LogP contribution in [0.25, 0.3) is 11.0 Å². The quantitative estimate of drug-likeness (QED) is 0.482. The summed E-state index contributed by atoms with van der Waals surface area (Å²) in [6.45, 7) is 0. The van der Waals surface area contributed by atoms with Gasteiger partial charge in [-0.15, -0.1) is 0 Å². The maximum Gasteiger partial charge on any atom is 0.218 e. The molecule has 0 spiro atoms. The largest absolute Gasteiger partial charge is 0.481 e. The van der Waals surface area contributed by atoms with E-state index in [0.29, 0.717) is 35.3 Å². The minimum atomic E-state index is -0.504. The van der Waals surface area contributed by atoms with Gasteiger partial charge in [0.2, 0.25) is 11.8 Å². The summed E-state index contributed by atoms with van der Waals surface area (Å²) in [5, 5.41) is 4.06. The van der Waals surface area contributed by atoms with Crippen LogP contribution in [-0.4, -0.2) is 32.0 Å². The lowest BCUT2D eigenvalue weighted by atomic mass is 10.0. The maximum atomic E-state index is 14.7. The van der Waals surface area contributed by atoms with Crippen molar-refractivity contribution in [3.05, 3.63) is 65.8 Å². The van der Waals surface area contributed by atoms with Gasteiger partial charge in [0.05, 0.1) is 24.7 Å². The fraction of sp³-hybridized carbons (Fsp3) is 0.238. The van der Waals surface area contributed by atoms with Gasteiger partial charge in [0.1, 0.15) is 17.8 Å². The number of hydrogen-bond acceptors (Lipinski definition) is 6. The number of fused-ring (bicyclic) bond motifs is 1. The van der Waals surface area contributed by atoms with Gasteiger partial charge in [-0.05, 0) is 30.5 Å². The van der Waals surface area contributed by atoms with Gasteiger partial charge in [-0.25, -0.2) is 19.9 Å². The zero-order valence-corrected chi connectivity index (χ0v) is 15.8. The molecule has 0 atom stereocenters. The van der Waals surface area contributed by atoms with Crippen LogP contribution >= 0.6 is 0 Å². The number of nitrogens with zero attached hydrogens (tertiary/aromatic N) is 4. The third-order valence-corrected chi connectivity index (χ3v) is 5.07. The van der Waals surface area contributed by atoms with Crippen molar-refractivity contribution in [1.29, 1.82) is 0 Å². The molecule has 7 nitrogen and oxygen atoms in total. The normalized spacial score (nSPS) is 13.6. The van der Waals surface area contributed by atoms with Crippen molar-refractivity contribution in [1.82, 2.24) is 24.9 Å². The predicted molar refractivity (Wildman–Crippen MR) is 107 cm³/mol. The van der Waals surface area contributed by atoms with Crippen molar-refractivity contribution in [2.24, 2.45) is 0 Å². The fourth-order valence-electron chi connectivity index (χ4n) is 3.45. The summed E-state index contributed by atoms with van der Waals surface area (Å²) in [5.41, 5.74) is 4.08. The molecule has 0 amide bonds. The summed E-state index contributed by atoms with van der Waals surface area (Å²) < 4.78 is 19.7. The van der Waals surface area contributed by atoms with Gasteiger partial charge in [0.25, 0.3) is 0 Å². The lowest BCUT2D eigenvalue weighted by molar-refractivity contribution is 0.398. The number of H-pyrrole nitrogens is 1. The number of rotatable bonds is 6. The van der Waals surface area contributed by atoms with E-state index in [0.717, 1.165) is 35.1 Å². The molecule has 0 aliphatic heterocycles. The summed E-state index contributed by atoms with van der Waals surface area (Å²) >= 11 is 0. The van der Waals surface area contributed by atoms with Crippen molar-refractivity contribution in [2.45, 2.75) is 25.2 Å². The standard InChI is InChI=1S/C21H19FN6O/c1-29-17-7-5-15(10-23-17)27-16-6-4-13(20(22)28-16)8-14-9-24-21-18(14)19(12-2-3-12)25-11-26-21/h4-7,9-12H,2-3,8H2,1H3,(H,27,28)(H,24,25,26). The molecule has 1 aliphatic carbocycles. The van der Waals surface area contributed by atoms with Crippen molar-refractivity contribution < 1.29 is 9.13 Å². The number of methoxy groups -OCH3 is 1. The molecule has 0 unspecified atom stereocenters. The molecule has 0 aromatic carbocycles. The van der Waals surface area contributed by atoms with Crippen LogP contribution < -0.4 is 10.1 Å². The number of halogens is 1. The SMILES string of the molecule is COc1ccc(Nc2ccc(Cc3c[nH]c4ncnc(C5CC5)c34)c(F)n2)cn1. The van der Waals surface area contributed by atoms with Crippen molar-refractivity contribution >= 4 is 22.5 Å². The minimum absolute atomic E-state index is 0.416. The number of anilines is 2. The van der Waals surface area contributed by atoms with E-state index in [1.807, 2.05) is 6.20 Å². The Morgan fingerprint density at radius 2 is 2.03 bits per heavy atom. The number of aromatic amines is 1. The Morgan fingerprint density at radius 3 is 2.76 bits per heavy atom. The summed E-state index contributed by atoms with van der Waals surface area (Å²) in [5.74, 6) is 0.913. The lowest BCUT2D eigenvalue weighted by Gasteiger charge is -2.09. The average molecular weight is 390 g/mol. The van der Waals surface area contributed by atoms with Crippen LogP contribution in [0, 0.1) is 5.95 Å². The zero-order valence-electron chi connectivity index (χ0n) is 15.8. The molecule has 4 aromatic rings. The van der Waals surface area contributed by atoms with Crippen molar-refractivity contribution in [3.8, 4) is 5.88 Å². The summed E-state index contributed by atoms with van der Waals surface area (Å²) in [4.78, 5) is 20.1. The van der Waals surface area contributed by atoms with E-state index in [1.165, 1.54) is 0 Å². The minimum Gasteiger partial charge on any atom is -0.481 e. The van der Waals surface area contributed by atoms with Crippen LogP contribution in [0.3, 0.4) is 0 Å². The second kappa shape index (κ2) is 7.12. The Kier molecular flexibility index (Phi) is 4.31. The highest BCUT2D eigenvalue weighted by atomic mass is 19.1. The van der Waals surface area contributed by atoms with E-state index >= 15 is 0 Å². The van der Waals surface area contributed by atoms with E-state index in [1.54, 1.807) is 43.9 Å². The van der Waals surface area contributed by atoms with Crippen LogP contribution in [0.4, 0.5) is 15.9 Å². The topological polar surface area (TPSA) is 88.6 Å². The molecular weight excluding hydrogens is 371 g/mol. The Bertz CT molecular complexity index is 1170. The van der Waals surface area contributed by atoms with Gasteiger partial charge < -0.3 is 15.0 Å². The maximum absolute atomic E-state index is 14.7. The first-order chi connectivity index (χ1) is 14.2. The Balaban J connectivity index is 1.39. The third kappa shape index (κ3) is 3.49. The number of hydrogen-bond donors (Lipinski definition) is 2. The molecule has 4 heterocycles. The first-order valence-corrected chi connectivity index (χ1v) is 9.44. The molecule has 0 bridgehead atoms. The Hall–Kier alpha value is -3.55. The van der Waals surface area contributed by atoms with Crippen LogP contribution in [0.5, 0.6) is 5.88 Å². The second-order valence-electron chi connectivity index (χ2n) is 7.11. The summed E-state index contributed by atoms with van der Waals surface area (Å²) in [6.07, 6.45) is 7.81. The van der Waals surface area contributed by atoms with E-state index in [4.69, 9.17) is 4.74 Å². The van der Waals surface area contributed by atoms with E-state index in [-0.39, 0.29) is 0 Å². The highest BCUT2D eigenvalue weighted by Gasteiger charge is 2.28. The number of aromatic nitrogens is 5. The second-order valence-corrected chi connectivity index (χ2v) is 7.11. The van der Waals surface area contributed by atoms with Crippen LogP contribution in [0.15, 0.2) is 43.0 Å². The number of pyridine rings is 2. The fourth-order valence-corrected chi connectivity index (χ4v) is 3.45. The molecule has 146 valence electrons. The van der Waals surface area contributed by atoms with Crippen molar-refractivity contribution in [3.63, 3.8) is 0 Å². The Labute approximate surface area is 166 Å². The molecule has 8 heteroatoms. The van der Waals surface area contributed by atoms with Crippen LogP contribution in [-0.2, 0) is 6.42 Å². The van der Waals surface area contributed by atoms with Gasteiger partial charge >= 0.3 is 0 Å². The highest BCUT2D eigenvalue weighted by Crippen LogP contribution is 2.42. The van der Waals surface area contributed by atoms with Gasteiger partial charge in [-0.1, -0.05) is 6.07 Å². The van der Waals surface area contributed by atoms with Gasteiger partial charge in [-0.2, -0.15) is 4.39 Å². The molecule has 0 radical (unpaired) electrons. The van der Waals surface area contributed by atoms with Gasteiger partial charge in [0, 0.05) is 35.6 Å². The van der Waals surface area contributed by atoms with E-state index in [9.17, 15) is 4.39 Å². The molecule has 0 saturated heterocycles. The van der Waals surface area contributed by atoms with E-state index in [2.05, 4.69) is 30.2 Å². The number of nitrogens with one attached hydrogen (secondary N) is 2. The molecule has 1 saturated carbocycles. The predicted octanol–water partition coefficient (Wildman–Crippen LogP) is 4.11. The monoisotopic (exact) mass is 390 g/mol. The van der Waals surface area contributed by atoms with Gasteiger partial charge in [-0.3, -0.25) is 0 Å². The molecule has 1 aliphatic rings. The van der Waals surface area contributed by atoms with E-state index < -0.39 is 5.95 Å². The first kappa shape index (κ1) is 17.5.